The number of benzene rings is 4. The summed E-state index contributed by atoms with van der Waals surface area (Å²) in [5, 5.41) is 3.33. The lowest BCUT2D eigenvalue weighted by Crippen LogP contribution is -2.22. The van der Waals surface area contributed by atoms with Gasteiger partial charge in [-0.05, 0) is 144 Å². The molecule has 0 bridgehead atoms. The highest BCUT2D eigenvalue weighted by molar-refractivity contribution is 7.98. The van der Waals surface area contributed by atoms with E-state index in [9.17, 15) is 36.0 Å². The number of rotatable bonds is 21. The Morgan fingerprint density at radius 3 is 0.991 bits per heavy atom. The van der Waals surface area contributed by atoms with Crippen LogP contribution in [0.25, 0.3) is 45.6 Å². The highest BCUT2D eigenvalue weighted by Crippen LogP contribution is 2.39. The molecule has 32 nitrogen and oxygen atoms in total. The van der Waals surface area contributed by atoms with Crippen LogP contribution in [-0.4, -0.2) is 152 Å². The summed E-state index contributed by atoms with van der Waals surface area (Å²) in [7, 11) is -3.86. The summed E-state index contributed by atoms with van der Waals surface area (Å²) in [6.45, 7) is 18.1. The zero-order chi connectivity index (χ0) is 81.1. The number of hydrogen-bond acceptors (Lipinski definition) is 25. The molecule has 3 N–H and O–H groups in total. The minimum absolute atomic E-state index is 0.0559. The summed E-state index contributed by atoms with van der Waals surface area (Å²) in [5.74, 6) is 3.88. The smallest absolute Gasteiger partial charge is 0.310 e. The molecule has 114 heavy (non-hydrogen) atoms. The molecular formula is C79H90N18O14S3. The van der Waals surface area contributed by atoms with Crippen molar-refractivity contribution >= 4 is 37.4 Å². The maximum atomic E-state index is 13.1. The second-order valence-electron chi connectivity index (χ2n) is 27.4. The van der Waals surface area contributed by atoms with Crippen LogP contribution in [0.15, 0.2) is 181 Å². The molecule has 8 aromatic heterocycles. The van der Waals surface area contributed by atoms with Gasteiger partial charge in [-0.1, -0.05) is 84.6 Å². The molecule has 0 aliphatic carbocycles. The first-order valence-corrected chi connectivity index (χ1v) is 41.8. The highest BCUT2D eigenvalue weighted by atomic mass is 32.2. The maximum absolute atomic E-state index is 13.1. The van der Waals surface area contributed by atoms with Gasteiger partial charge in [0.25, 0.3) is 0 Å². The number of nitrogens with two attached hydrogens (primary N) is 1. The lowest BCUT2D eigenvalue weighted by molar-refractivity contribution is 0.185. The van der Waals surface area contributed by atoms with Gasteiger partial charge in [-0.25, -0.2) is 75.4 Å². The van der Waals surface area contributed by atoms with Gasteiger partial charge >= 0.3 is 22.2 Å². The topological polar surface area (TPSA) is 373 Å². The molecule has 2 atom stereocenters. The molecule has 0 spiro atoms. The molecule has 16 rings (SSSR count). The van der Waals surface area contributed by atoms with Crippen molar-refractivity contribution in [3.63, 3.8) is 0 Å². The van der Waals surface area contributed by atoms with Gasteiger partial charge in [-0.2, -0.15) is 0 Å². The van der Waals surface area contributed by atoms with Gasteiger partial charge in [-0.3, -0.25) is 37.9 Å². The zero-order valence-electron chi connectivity index (χ0n) is 65.1. The maximum Gasteiger partial charge on any atom is 0.310 e. The molecule has 0 unspecified atom stereocenters. The fourth-order valence-electron chi connectivity index (χ4n) is 13.3. The molecule has 4 aromatic carbocycles. The molecule has 0 saturated carbocycles. The van der Waals surface area contributed by atoms with Crippen molar-refractivity contribution in [1.29, 1.82) is 0 Å². The van der Waals surface area contributed by atoms with Crippen LogP contribution in [0.3, 0.4) is 0 Å². The number of anilines is 1. The molecule has 0 amide bonds. The lowest BCUT2D eigenvalue weighted by atomic mass is 10.2. The third-order valence-corrected chi connectivity index (χ3v) is 20.8. The summed E-state index contributed by atoms with van der Waals surface area (Å²) >= 11 is 1.47. The van der Waals surface area contributed by atoms with E-state index in [0.717, 1.165) is 79.2 Å². The normalized spacial score (nSPS) is 13.6. The molecule has 4 aliphatic rings. The predicted octanol–water partition coefficient (Wildman–Crippen LogP) is 10.4. The molecule has 12 heterocycles. The third-order valence-electron chi connectivity index (χ3n) is 18.5. The molecule has 35 heteroatoms. The van der Waals surface area contributed by atoms with E-state index in [1.54, 1.807) is 85.0 Å². The Morgan fingerprint density at radius 1 is 0.412 bits per heavy atom. The second-order valence-corrected chi connectivity index (χ2v) is 32.0. The number of sulfone groups is 2. The van der Waals surface area contributed by atoms with Crippen molar-refractivity contribution in [2.45, 2.75) is 147 Å². The van der Waals surface area contributed by atoms with Crippen LogP contribution in [0.1, 0.15) is 61.8 Å². The Hall–Kier alpha value is -11.6. The number of methoxy groups -OCH3 is 2. The van der Waals surface area contributed by atoms with Crippen molar-refractivity contribution in [1.82, 2.24) is 77.3 Å². The van der Waals surface area contributed by atoms with Gasteiger partial charge in [0.05, 0.1) is 36.0 Å². The number of aryl methyl sites for hydroxylation is 4. The number of nitrogens with zero attached hydrogens (tertiary/aromatic N) is 16. The molecule has 4 aliphatic heterocycles. The van der Waals surface area contributed by atoms with Crippen LogP contribution in [0.2, 0.25) is 0 Å². The first kappa shape index (κ1) is 81.8. The number of nitrogens with one attached hydrogen (secondary N) is 1. The highest BCUT2D eigenvalue weighted by Gasteiger charge is 2.33. The quantitative estimate of drug-likeness (QED) is 0.0498. The molecule has 12 aromatic rings. The number of hydrogen-bond donors (Lipinski definition) is 2. The molecule has 0 fully saturated rings. The van der Waals surface area contributed by atoms with E-state index < -0.39 is 19.7 Å². The minimum atomic E-state index is -3.58. The van der Waals surface area contributed by atoms with Crippen molar-refractivity contribution in [2.24, 2.45) is 5.73 Å². The molecular weight excluding hydrogens is 1520 g/mol. The first-order valence-electron chi connectivity index (χ1n) is 36.8. The average Bonchev–Trinajstić information content (AvgIpc) is 1.62. The van der Waals surface area contributed by atoms with Crippen molar-refractivity contribution < 1.29 is 45.3 Å². The Kier molecular flexibility index (Phi) is 25.9. The Morgan fingerprint density at radius 2 is 0.702 bits per heavy atom. The SMILES string of the molecule is COC[C@H](C)N.COC[C@H](C)Nc1nccc(-c2c(Oc3ccccc3C)c(=O)n3n2CCC3)n1.CSc1nccc(-c2c(Oc3ccccc3C)c(=O)n3n2CCC3)n1.Cc1ccccc1Oc1c(-c2ccnc(S(C)(=O)=O)n2)n2n(c1=O)CCC2.Cc1ccccc1Oc1c(-c2ccnc(S(C)(=O)=O)n2)n2n(c1=O)CCC2. The monoisotopic (exact) mass is 1610 g/mol. The number of ether oxygens (including phenoxy) is 6. The van der Waals surface area contributed by atoms with Crippen LogP contribution in [0.5, 0.6) is 46.0 Å². The van der Waals surface area contributed by atoms with Crippen LogP contribution in [0, 0.1) is 27.7 Å². The van der Waals surface area contributed by atoms with Crippen molar-refractivity contribution in [3.8, 4) is 91.5 Å². The van der Waals surface area contributed by atoms with E-state index in [1.165, 1.54) is 24.2 Å². The average molecular weight is 1610 g/mol. The summed E-state index contributed by atoms with van der Waals surface area (Å²) in [6.07, 6.45) is 13.7. The van der Waals surface area contributed by atoms with Crippen molar-refractivity contribution in [3.05, 3.63) is 210 Å². The molecule has 0 saturated heterocycles. The summed E-state index contributed by atoms with van der Waals surface area (Å²) in [4.78, 5) is 85.5. The Balaban J connectivity index is 0.000000137. The Bertz CT molecular complexity index is 5790. The number of fused-ring (bicyclic) bond motifs is 4. The first-order chi connectivity index (χ1) is 54.8. The number of thioether (sulfide) groups is 1. The largest absolute Gasteiger partial charge is 0.449 e. The van der Waals surface area contributed by atoms with E-state index in [-0.39, 0.29) is 56.1 Å². The molecule has 0 radical (unpaired) electrons. The summed E-state index contributed by atoms with van der Waals surface area (Å²) in [5.41, 5.74) is 12.6. The number of para-hydroxylation sites is 4. The van der Waals surface area contributed by atoms with Crippen LogP contribution >= 0.6 is 11.8 Å². The van der Waals surface area contributed by atoms with E-state index >= 15 is 0 Å². The predicted molar refractivity (Wildman–Crippen MR) is 431 cm³/mol. The third kappa shape index (κ3) is 18.4. The van der Waals surface area contributed by atoms with Gasteiger partial charge in [0, 0.05) is 116 Å². The lowest BCUT2D eigenvalue weighted by Gasteiger charge is -2.14. The molecule has 598 valence electrons. The van der Waals surface area contributed by atoms with Crippen LogP contribution in [0.4, 0.5) is 5.95 Å². The van der Waals surface area contributed by atoms with E-state index in [2.05, 4.69) is 49.9 Å². The summed E-state index contributed by atoms with van der Waals surface area (Å²) in [6, 6.07) is 37.2. The van der Waals surface area contributed by atoms with Gasteiger partial charge < -0.3 is 39.5 Å². The fourth-order valence-corrected chi connectivity index (χ4v) is 14.6. The standard InChI is InChI=1S/C21H25N5O3.2C18H18N4O4S.C18H18N4O2S.C4H11NO/c1-14-7-4-5-8-17(14)29-19-18(25-11-6-12-26(25)20(19)27)16-9-10-22-21(24-16)23-15(2)13-28-3;2*1-12-6-3-4-7-14(12)26-16-15(21-10-5-11-22(21)17(16)23)13-8-9-19-18(20-13)27(2,24)25;1-12-6-3-4-7-14(12)24-16-15(13-8-9-19-18(20-13)25-2)21-10-5-11-22(21)17(16)23;1-4(5)3-6-2/h4-5,7-10,15H,6,11-13H2,1-3H3,(H,22,23,24);2*3-4,6-9H,5,10-11H2,1-2H3;3-4,6-9H,5,10-11H2,1-2H3;4H,3,5H2,1-2H3/t15-;;;;4-/m0...0/s1. The number of aromatic nitrogens is 16. The minimum Gasteiger partial charge on any atom is -0.449 e. The van der Waals surface area contributed by atoms with Gasteiger partial charge in [-0.15, -0.1) is 0 Å². The van der Waals surface area contributed by atoms with Crippen molar-refractivity contribution in [2.75, 3.05) is 51.5 Å². The zero-order valence-corrected chi connectivity index (χ0v) is 67.5. The second kappa shape index (κ2) is 36.0. The van der Waals surface area contributed by atoms with E-state index in [1.807, 2.05) is 148 Å². The fraction of sp³-hybridized carbons (Fsp3) is 0.342. The van der Waals surface area contributed by atoms with Gasteiger partial charge in [0.1, 0.15) is 45.8 Å². The Labute approximate surface area is 662 Å². The summed E-state index contributed by atoms with van der Waals surface area (Å²) < 4.78 is 95.6. The van der Waals surface area contributed by atoms with Crippen LogP contribution < -0.4 is 52.2 Å². The van der Waals surface area contributed by atoms with Gasteiger partial charge in [0.15, 0.2) is 5.16 Å². The van der Waals surface area contributed by atoms with Crippen LogP contribution in [-0.2, 0) is 81.5 Å². The van der Waals surface area contributed by atoms with Gasteiger partial charge in [0.2, 0.25) is 58.9 Å². The van der Waals surface area contributed by atoms with E-state index in [0.29, 0.717) is 138 Å². The van der Waals surface area contributed by atoms with E-state index in [4.69, 9.17) is 29.4 Å².